The molecular formula is C17H12N4O2S. The van der Waals surface area contributed by atoms with E-state index in [-0.39, 0.29) is 0 Å². The summed E-state index contributed by atoms with van der Waals surface area (Å²) in [5, 5.41) is 5.53. The highest BCUT2D eigenvalue weighted by Crippen LogP contribution is 2.28. The number of hydrogen-bond acceptors (Lipinski definition) is 5. The van der Waals surface area contributed by atoms with Gasteiger partial charge in [-0.25, -0.2) is 4.68 Å². The Morgan fingerprint density at radius 3 is 2.92 bits per heavy atom. The smallest absolute Gasteiger partial charge is 0.244 e. The molecule has 1 aromatic carbocycles. The predicted octanol–water partition coefficient (Wildman–Crippen LogP) is 3.06. The number of hydrogen-bond donors (Lipinski definition) is 2. The first kappa shape index (κ1) is 14.5. The lowest BCUT2D eigenvalue weighted by Crippen LogP contribution is -2.08. The highest BCUT2D eigenvalue weighted by atomic mass is 32.1. The van der Waals surface area contributed by atoms with Gasteiger partial charge in [-0.2, -0.15) is 5.10 Å². The van der Waals surface area contributed by atoms with Crippen LogP contribution >= 0.6 is 12.6 Å². The molecule has 4 aromatic rings. The lowest BCUT2D eigenvalue weighted by atomic mass is 10.1. The summed E-state index contributed by atoms with van der Waals surface area (Å²) in [5.41, 5.74) is 9.49. The molecule has 0 saturated carbocycles. The Kier molecular flexibility index (Phi) is 3.35. The highest BCUT2D eigenvalue weighted by Gasteiger charge is 2.09. The van der Waals surface area contributed by atoms with Crippen molar-refractivity contribution in [2.45, 2.75) is 0 Å². The number of furan rings is 1. The van der Waals surface area contributed by atoms with Gasteiger partial charge in [-0.1, -0.05) is 6.07 Å². The topological polar surface area (TPSA) is 86.9 Å². The molecule has 0 unspecified atom stereocenters. The van der Waals surface area contributed by atoms with Crippen LogP contribution in [0.3, 0.4) is 0 Å². The maximum atomic E-state index is 11.0. The van der Waals surface area contributed by atoms with Gasteiger partial charge < -0.3 is 10.2 Å². The second-order valence-electron chi connectivity index (χ2n) is 5.26. The third-order valence-corrected chi connectivity index (χ3v) is 4.01. The van der Waals surface area contributed by atoms with Gasteiger partial charge in [0.15, 0.2) is 5.58 Å². The number of carbonyl (C=O) groups excluding carboxylic acids is 1. The summed E-state index contributed by atoms with van der Waals surface area (Å²) >= 11 is 4.27. The van der Waals surface area contributed by atoms with Crippen molar-refractivity contribution in [1.29, 1.82) is 0 Å². The summed E-state index contributed by atoms with van der Waals surface area (Å²) in [6.45, 7) is 0. The minimum Gasteiger partial charge on any atom is -0.463 e. The Hall–Kier alpha value is -3.06. The van der Waals surface area contributed by atoms with E-state index in [1.807, 2.05) is 30.3 Å². The number of benzene rings is 1. The van der Waals surface area contributed by atoms with Crippen molar-refractivity contribution in [1.82, 2.24) is 14.8 Å². The summed E-state index contributed by atoms with van der Waals surface area (Å²) in [4.78, 5) is 15.4. The Morgan fingerprint density at radius 1 is 1.21 bits per heavy atom. The van der Waals surface area contributed by atoms with Gasteiger partial charge >= 0.3 is 0 Å². The van der Waals surface area contributed by atoms with E-state index in [4.69, 9.17) is 10.2 Å². The van der Waals surface area contributed by atoms with Crippen LogP contribution < -0.4 is 5.73 Å². The van der Waals surface area contributed by atoms with Crippen LogP contribution in [-0.4, -0.2) is 20.7 Å². The van der Waals surface area contributed by atoms with E-state index in [0.717, 1.165) is 33.1 Å². The molecule has 3 aromatic heterocycles. The lowest BCUT2D eigenvalue weighted by molar-refractivity contribution is -0.113. The number of primary amides is 1. The quantitative estimate of drug-likeness (QED) is 0.445. The van der Waals surface area contributed by atoms with Gasteiger partial charge in [0.1, 0.15) is 10.5 Å². The minimum absolute atomic E-state index is 0.365. The van der Waals surface area contributed by atoms with Gasteiger partial charge in [0.2, 0.25) is 5.91 Å². The summed E-state index contributed by atoms with van der Waals surface area (Å²) in [7, 11) is 0. The van der Waals surface area contributed by atoms with Crippen molar-refractivity contribution in [3.05, 3.63) is 55.1 Å². The van der Waals surface area contributed by atoms with E-state index < -0.39 is 5.91 Å². The first-order valence-electron chi connectivity index (χ1n) is 7.14. The SMILES string of the molecule is NC(=O)/C=C(\S)n1ncc2cc(-c3cnc4ccoc4c3)ccc21. The van der Waals surface area contributed by atoms with Crippen molar-refractivity contribution in [3.63, 3.8) is 0 Å². The number of thiol groups is 1. The molecule has 0 atom stereocenters. The number of nitrogens with zero attached hydrogens (tertiary/aromatic N) is 3. The van der Waals surface area contributed by atoms with Gasteiger partial charge in [0.05, 0.1) is 18.0 Å². The molecule has 0 radical (unpaired) electrons. The number of aromatic nitrogens is 3. The average molecular weight is 336 g/mol. The molecule has 0 aliphatic heterocycles. The Balaban J connectivity index is 1.80. The van der Waals surface area contributed by atoms with Crippen molar-refractivity contribution in [3.8, 4) is 11.1 Å². The minimum atomic E-state index is -0.571. The molecule has 24 heavy (non-hydrogen) atoms. The molecular weight excluding hydrogens is 324 g/mol. The molecule has 118 valence electrons. The average Bonchev–Trinajstić information content (AvgIpc) is 3.19. The van der Waals surface area contributed by atoms with E-state index in [1.54, 1.807) is 23.3 Å². The molecule has 0 fully saturated rings. The number of fused-ring (bicyclic) bond motifs is 2. The molecule has 4 rings (SSSR count). The van der Waals surface area contributed by atoms with Crippen molar-refractivity contribution >= 4 is 45.6 Å². The van der Waals surface area contributed by atoms with E-state index >= 15 is 0 Å². The molecule has 0 aliphatic carbocycles. The summed E-state index contributed by atoms with van der Waals surface area (Å²) in [6, 6.07) is 9.64. The third-order valence-electron chi connectivity index (χ3n) is 3.69. The van der Waals surface area contributed by atoms with Gasteiger partial charge in [-0.3, -0.25) is 9.78 Å². The van der Waals surface area contributed by atoms with E-state index in [0.29, 0.717) is 5.03 Å². The number of carbonyl (C=O) groups is 1. The summed E-state index contributed by atoms with van der Waals surface area (Å²) < 4.78 is 6.96. The van der Waals surface area contributed by atoms with Gasteiger partial charge in [-0.15, -0.1) is 12.6 Å². The van der Waals surface area contributed by atoms with Crippen LogP contribution in [0.2, 0.25) is 0 Å². The van der Waals surface area contributed by atoms with Gasteiger partial charge in [0, 0.05) is 29.3 Å². The zero-order chi connectivity index (χ0) is 16.7. The van der Waals surface area contributed by atoms with E-state index in [1.165, 1.54) is 6.08 Å². The van der Waals surface area contributed by atoms with Gasteiger partial charge in [0.25, 0.3) is 0 Å². The fourth-order valence-corrected chi connectivity index (χ4v) is 2.87. The molecule has 1 amide bonds. The summed E-state index contributed by atoms with van der Waals surface area (Å²) in [6.07, 6.45) is 6.36. The van der Waals surface area contributed by atoms with Crippen LogP contribution in [0.15, 0.2) is 59.5 Å². The molecule has 0 saturated heterocycles. The number of nitrogens with two attached hydrogens (primary N) is 1. The molecule has 0 spiro atoms. The largest absolute Gasteiger partial charge is 0.463 e. The maximum Gasteiger partial charge on any atom is 0.244 e. The van der Waals surface area contributed by atoms with Crippen LogP contribution in [0.25, 0.3) is 38.2 Å². The van der Waals surface area contributed by atoms with E-state index in [2.05, 4.69) is 22.7 Å². The molecule has 6 nitrogen and oxygen atoms in total. The number of amides is 1. The van der Waals surface area contributed by atoms with Crippen LogP contribution in [-0.2, 0) is 4.79 Å². The third kappa shape index (κ3) is 2.44. The first-order valence-corrected chi connectivity index (χ1v) is 7.58. The van der Waals surface area contributed by atoms with Crippen molar-refractivity contribution in [2.75, 3.05) is 0 Å². The number of pyridine rings is 1. The normalized spacial score (nSPS) is 12.1. The standard InChI is InChI=1S/C17H12N4O2S/c18-16(22)7-17(24)21-14-2-1-10(5-12(14)9-20-21)11-6-15-13(19-8-11)3-4-23-15/h1-9,24H,(H2,18,22)/b17-7-. The van der Waals surface area contributed by atoms with Crippen LogP contribution in [0.4, 0.5) is 0 Å². The summed E-state index contributed by atoms with van der Waals surface area (Å²) in [5.74, 6) is -0.571. The second kappa shape index (κ2) is 5.54. The van der Waals surface area contributed by atoms with Crippen LogP contribution in [0.5, 0.6) is 0 Å². The zero-order valence-electron chi connectivity index (χ0n) is 12.4. The monoisotopic (exact) mass is 336 g/mol. The van der Waals surface area contributed by atoms with Gasteiger partial charge in [-0.05, 0) is 23.8 Å². The second-order valence-corrected chi connectivity index (χ2v) is 5.72. The van der Waals surface area contributed by atoms with Crippen molar-refractivity contribution in [2.24, 2.45) is 5.73 Å². The van der Waals surface area contributed by atoms with Crippen LogP contribution in [0, 0.1) is 0 Å². The zero-order valence-corrected chi connectivity index (χ0v) is 13.3. The molecule has 0 bridgehead atoms. The van der Waals surface area contributed by atoms with Crippen molar-refractivity contribution < 1.29 is 9.21 Å². The highest BCUT2D eigenvalue weighted by molar-refractivity contribution is 7.90. The molecule has 3 heterocycles. The molecule has 7 heteroatoms. The first-order chi connectivity index (χ1) is 11.6. The lowest BCUT2D eigenvalue weighted by Gasteiger charge is -2.04. The fraction of sp³-hybridized carbons (Fsp3) is 0. The maximum absolute atomic E-state index is 11.0. The molecule has 2 N–H and O–H groups in total. The predicted molar refractivity (Wildman–Crippen MR) is 95.2 cm³/mol. The fourth-order valence-electron chi connectivity index (χ4n) is 2.59. The number of rotatable bonds is 3. The Bertz CT molecular complexity index is 1110. The Labute approximate surface area is 142 Å². The Morgan fingerprint density at radius 2 is 2.08 bits per heavy atom. The molecule has 0 aliphatic rings. The van der Waals surface area contributed by atoms with E-state index in [9.17, 15) is 4.79 Å². The van der Waals surface area contributed by atoms with Crippen LogP contribution in [0.1, 0.15) is 0 Å².